The Bertz CT molecular complexity index is 688. The average Bonchev–Trinajstić information content (AvgIpc) is 2.72. The molecule has 0 aliphatic heterocycles. The van der Waals surface area contributed by atoms with E-state index in [0.717, 1.165) is 30.6 Å². The fraction of sp³-hybridized carbons (Fsp3) is 0.435. The summed E-state index contributed by atoms with van der Waals surface area (Å²) in [5.41, 5.74) is 1.36. The number of benzene rings is 2. The van der Waals surface area contributed by atoms with E-state index in [0.29, 0.717) is 31.1 Å². The van der Waals surface area contributed by atoms with Crippen molar-refractivity contribution in [2.75, 3.05) is 19.8 Å². The molecular formula is C23H30O5. The van der Waals surface area contributed by atoms with Crippen LogP contribution in [0.4, 0.5) is 0 Å². The molecule has 0 amide bonds. The summed E-state index contributed by atoms with van der Waals surface area (Å²) in [7, 11) is 0. The molecular weight excluding hydrogens is 356 g/mol. The lowest BCUT2D eigenvalue weighted by molar-refractivity contribution is -0.140. The molecule has 0 aliphatic rings. The Morgan fingerprint density at radius 3 is 2.00 bits per heavy atom. The number of carbonyl (C=O) groups excluding carboxylic acids is 1. The van der Waals surface area contributed by atoms with Crippen LogP contribution >= 0.6 is 0 Å². The molecule has 0 aromatic heterocycles. The van der Waals surface area contributed by atoms with Crippen LogP contribution in [0.2, 0.25) is 0 Å². The molecule has 0 aliphatic carbocycles. The van der Waals surface area contributed by atoms with Crippen LogP contribution in [0.15, 0.2) is 48.5 Å². The first-order valence-corrected chi connectivity index (χ1v) is 9.96. The van der Waals surface area contributed by atoms with Crippen molar-refractivity contribution in [3.8, 4) is 11.5 Å². The molecule has 152 valence electrons. The Balaban J connectivity index is 1.91. The minimum absolute atomic E-state index is 0.406. The molecule has 0 saturated heterocycles. The fourth-order valence-electron chi connectivity index (χ4n) is 2.63. The van der Waals surface area contributed by atoms with Gasteiger partial charge in [-0.2, -0.15) is 0 Å². The lowest BCUT2D eigenvalue weighted by Crippen LogP contribution is -2.10. The van der Waals surface area contributed by atoms with Gasteiger partial charge in [0.2, 0.25) is 0 Å². The molecule has 5 nitrogen and oxygen atoms in total. The Labute approximate surface area is 167 Å². The van der Waals surface area contributed by atoms with E-state index in [1.54, 1.807) is 36.4 Å². The summed E-state index contributed by atoms with van der Waals surface area (Å²) in [6.07, 6.45) is 2.93. The second kappa shape index (κ2) is 12.2. The van der Waals surface area contributed by atoms with Crippen LogP contribution in [0.5, 0.6) is 11.5 Å². The molecule has 0 N–H and O–H groups in total. The van der Waals surface area contributed by atoms with Crippen LogP contribution in [0.3, 0.4) is 0 Å². The molecule has 2 aromatic rings. The monoisotopic (exact) mass is 386 g/mol. The Morgan fingerprint density at radius 1 is 0.821 bits per heavy atom. The van der Waals surface area contributed by atoms with Gasteiger partial charge in [-0.3, -0.25) is 0 Å². The van der Waals surface area contributed by atoms with Crippen LogP contribution < -0.4 is 9.47 Å². The highest BCUT2D eigenvalue weighted by atomic mass is 16.7. The van der Waals surface area contributed by atoms with Crippen molar-refractivity contribution >= 4 is 5.97 Å². The summed E-state index contributed by atoms with van der Waals surface area (Å²) in [4.78, 5) is 12.3. The molecule has 28 heavy (non-hydrogen) atoms. The molecule has 2 aromatic carbocycles. The first-order valence-electron chi connectivity index (χ1n) is 9.96. The predicted molar refractivity (Wildman–Crippen MR) is 109 cm³/mol. The topological polar surface area (TPSA) is 54.0 Å². The Kier molecular flexibility index (Phi) is 9.52. The van der Waals surface area contributed by atoms with Crippen molar-refractivity contribution in [1.29, 1.82) is 0 Å². The number of esters is 1. The predicted octanol–water partition coefficient (Wildman–Crippen LogP) is 5.55. The molecule has 5 heteroatoms. The molecule has 0 unspecified atom stereocenters. The molecule has 2 rings (SSSR count). The minimum atomic E-state index is -0.412. The van der Waals surface area contributed by atoms with Gasteiger partial charge >= 0.3 is 5.97 Å². The van der Waals surface area contributed by atoms with Crippen molar-refractivity contribution in [2.24, 2.45) is 0 Å². The van der Waals surface area contributed by atoms with Gasteiger partial charge in [0, 0.05) is 18.8 Å². The first-order chi connectivity index (χ1) is 13.7. The number of hydrogen-bond donors (Lipinski definition) is 0. The van der Waals surface area contributed by atoms with E-state index in [2.05, 4.69) is 6.92 Å². The maximum absolute atomic E-state index is 12.3. The third-order valence-corrected chi connectivity index (χ3v) is 4.11. The van der Waals surface area contributed by atoms with Crippen molar-refractivity contribution in [1.82, 2.24) is 0 Å². The summed E-state index contributed by atoms with van der Waals surface area (Å²) in [6, 6.07) is 14.2. The second-order valence-corrected chi connectivity index (χ2v) is 6.28. The number of carbonyl (C=O) groups is 1. The van der Waals surface area contributed by atoms with Crippen LogP contribution in [0.25, 0.3) is 0 Å². The highest BCUT2D eigenvalue weighted by molar-refractivity contribution is 5.91. The smallest absolute Gasteiger partial charge is 0.343 e. The van der Waals surface area contributed by atoms with Gasteiger partial charge in [0.1, 0.15) is 11.5 Å². The third-order valence-electron chi connectivity index (χ3n) is 4.11. The zero-order valence-electron chi connectivity index (χ0n) is 17.0. The first kappa shape index (κ1) is 21.9. The van der Waals surface area contributed by atoms with E-state index >= 15 is 0 Å². The highest BCUT2D eigenvalue weighted by Gasteiger charge is 2.13. The van der Waals surface area contributed by atoms with Gasteiger partial charge < -0.3 is 18.9 Å². The molecule has 0 spiro atoms. The largest absolute Gasteiger partial charge is 0.494 e. The van der Waals surface area contributed by atoms with Gasteiger partial charge in [0.05, 0.1) is 12.2 Å². The van der Waals surface area contributed by atoms with E-state index < -0.39 is 12.3 Å². The molecule has 0 radical (unpaired) electrons. The standard InChI is InChI=1S/C23H30O5/c1-4-7-8-17-27-20-13-9-18(10-14-20)22(24)28-21-15-11-19(12-16-21)23(25-5-2)26-6-3/h9-16,23H,4-8,17H2,1-3H3. The van der Waals surface area contributed by atoms with Crippen LogP contribution in [0.1, 0.15) is 62.2 Å². The summed E-state index contributed by atoms with van der Waals surface area (Å²) in [5.74, 6) is 0.826. The molecule has 0 bridgehead atoms. The van der Waals surface area contributed by atoms with Crippen molar-refractivity contribution in [3.05, 3.63) is 59.7 Å². The molecule has 0 fully saturated rings. The van der Waals surface area contributed by atoms with Gasteiger partial charge in [-0.25, -0.2) is 4.79 Å². The maximum Gasteiger partial charge on any atom is 0.343 e. The van der Waals surface area contributed by atoms with Gasteiger partial charge in [-0.05, 0) is 56.7 Å². The average molecular weight is 386 g/mol. The lowest BCUT2D eigenvalue weighted by Gasteiger charge is -2.17. The normalized spacial score (nSPS) is 10.9. The number of hydrogen-bond acceptors (Lipinski definition) is 5. The summed E-state index contributed by atoms with van der Waals surface area (Å²) >= 11 is 0. The van der Waals surface area contributed by atoms with Gasteiger partial charge in [-0.15, -0.1) is 0 Å². The van der Waals surface area contributed by atoms with Gasteiger partial charge in [-0.1, -0.05) is 31.9 Å². The zero-order valence-corrected chi connectivity index (χ0v) is 17.0. The quantitative estimate of drug-likeness (QED) is 0.207. The summed E-state index contributed by atoms with van der Waals surface area (Å²) in [5, 5.41) is 0. The van der Waals surface area contributed by atoms with Crippen LogP contribution in [-0.4, -0.2) is 25.8 Å². The zero-order chi connectivity index (χ0) is 20.2. The van der Waals surface area contributed by atoms with E-state index in [1.807, 2.05) is 26.0 Å². The Hall–Kier alpha value is -2.37. The lowest BCUT2D eigenvalue weighted by atomic mass is 10.2. The fourth-order valence-corrected chi connectivity index (χ4v) is 2.63. The molecule has 0 heterocycles. The SMILES string of the molecule is CCCCCOc1ccc(C(=O)Oc2ccc(C(OCC)OCC)cc2)cc1. The van der Waals surface area contributed by atoms with E-state index in [1.165, 1.54) is 0 Å². The van der Waals surface area contributed by atoms with Crippen molar-refractivity contribution in [3.63, 3.8) is 0 Å². The Morgan fingerprint density at radius 2 is 1.43 bits per heavy atom. The van der Waals surface area contributed by atoms with Gasteiger partial charge in [0.25, 0.3) is 0 Å². The van der Waals surface area contributed by atoms with E-state index in [4.69, 9.17) is 18.9 Å². The van der Waals surface area contributed by atoms with E-state index in [-0.39, 0.29) is 0 Å². The number of rotatable bonds is 12. The molecule has 0 atom stereocenters. The number of ether oxygens (including phenoxy) is 4. The second-order valence-electron chi connectivity index (χ2n) is 6.28. The molecule has 0 saturated carbocycles. The van der Waals surface area contributed by atoms with Crippen LogP contribution in [0, 0.1) is 0 Å². The third kappa shape index (κ3) is 6.98. The summed E-state index contributed by atoms with van der Waals surface area (Å²) in [6.45, 7) is 7.80. The van der Waals surface area contributed by atoms with Crippen molar-refractivity contribution < 1.29 is 23.7 Å². The van der Waals surface area contributed by atoms with Crippen molar-refractivity contribution in [2.45, 2.75) is 46.3 Å². The van der Waals surface area contributed by atoms with E-state index in [9.17, 15) is 4.79 Å². The maximum atomic E-state index is 12.3. The minimum Gasteiger partial charge on any atom is -0.494 e. The van der Waals surface area contributed by atoms with Gasteiger partial charge in [0.15, 0.2) is 6.29 Å². The number of unbranched alkanes of at least 4 members (excludes halogenated alkanes) is 2. The van der Waals surface area contributed by atoms with Crippen LogP contribution in [-0.2, 0) is 9.47 Å². The highest BCUT2D eigenvalue weighted by Crippen LogP contribution is 2.23. The summed E-state index contributed by atoms with van der Waals surface area (Å²) < 4.78 is 22.2.